The molecular formula is C17H22N4O3. The molecule has 2 N–H and O–H groups in total. The summed E-state index contributed by atoms with van der Waals surface area (Å²) in [4.78, 5) is 28.1. The highest BCUT2D eigenvalue weighted by atomic mass is 16.5. The van der Waals surface area contributed by atoms with Crippen LogP contribution in [0.2, 0.25) is 0 Å². The van der Waals surface area contributed by atoms with Crippen LogP contribution in [0.5, 0.6) is 5.75 Å². The van der Waals surface area contributed by atoms with E-state index in [1.54, 1.807) is 0 Å². The fraction of sp³-hybridized carbons (Fsp3) is 0.529. The van der Waals surface area contributed by atoms with Gasteiger partial charge in [-0.05, 0) is 18.6 Å². The molecule has 0 radical (unpaired) electrons. The van der Waals surface area contributed by atoms with Gasteiger partial charge in [0.25, 0.3) is 0 Å². The molecule has 3 aliphatic rings. The first kappa shape index (κ1) is 15.3. The van der Waals surface area contributed by atoms with E-state index < -0.39 is 0 Å². The van der Waals surface area contributed by atoms with Crippen LogP contribution in [-0.2, 0) is 9.59 Å². The van der Waals surface area contributed by atoms with Crippen LogP contribution in [0.3, 0.4) is 0 Å². The summed E-state index contributed by atoms with van der Waals surface area (Å²) in [6.07, 6.45) is 0.947. The van der Waals surface area contributed by atoms with Crippen molar-refractivity contribution in [3.05, 3.63) is 18.2 Å². The highest BCUT2D eigenvalue weighted by Crippen LogP contribution is 2.41. The van der Waals surface area contributed by atoms with Crippen molar-refractivity contribution in [1.82, 2.24) is 10.6 Å². The smallest absolute Gasteiger partial charge is 0.249 e. The molecule has 2 fully saturated rings. The fourth-order valence-electron chi connectivity index (χ4n) is 3.71. The molecule has 0 aliphatic carbocycles. The van der Waals surface area contributed by atoms with E-state index >= 15 is 0 Å². The molecular weight excluding hydrogens is 308 g/mol. The summed E-state index contributed by atoms with van der Waals surface area (Å²) in [7, 11) is 0. The molecule has 0 aromatic heterocycles. The minimum atomic E-state index is -0.302. The Hall–Kier alpha value is -2.28. The number of benzene rings is 1. The Morgan fingerprint density at radius 1 is 1.08 bits per heavy atom. The number of carbonyl (C=O) groups excluding carboxylic acids is 2. The minimum Gasteiger partial charge on any atom is -0.487 e. The normalized spacial score (nSPS) is 24.2. The third-order valence-electron chi connectivity index (χ3n) is 4.91. The molecule has 2 amide bonds. The van der Waals surface area contributed by atoms with Crippen LogP contribution >= 0.6 is 0 Å². The van der Waals surface area contributed by atoms with E-state index in [0.717, 1.165) is 43.3 Å². The minimum absolute atomic E-state index is 0.181. The number of rotatable bonds is 2. The number of hydrogen-bond donors (Lipinski definition) is 2. The zero-order valence-electron chi connectivity index (χ0n) is 13.6. The van der Waals surface area contributed by atoms with Gasteiger partial charge in [0.15, 0.2) is 5.75 Å². The number of hydrogen-bond acceptors (Lipinski definition) is 6. The average Bonchev–Trinajstić information content (AvgIpc) is 2.62. The molecule has 4 rings (SSSR count). The lowest BCUT2D eigenvalue weighted by molar-refractivity contribution is -0.134. The molecule has 0 unspecified atom stereocenters. The summed E-state index contributed by atoms with van der Waals surface area (Å²) in [6.45, 7) is 5.01. The maximum atomic E-state index is 12.3. The molecule has 128 valence electrons. The number of piperidine rings is 1. The number of para-hydroxylation sites is 1. The van der Waals surface area contributed by atoms with Crippen molar-refractivity contribution >= 4 is 23.2 Å². The standard InChI is InChI=1S/C17H22N4O3/c22-15-5-4-14(17(23)19-15)21-10-11-24-16-12(2-1-3-13(16)21)20-8-6-18-7-9-20/h1-3,14,18H,4-11H2,(H,19,22,23)/t14-/m0/s1. The van der Waals surface area contributed by atoms with Crippen LogP contribution in [0.1, 0.15) is 12.8 Å². The Balaban J connectivity index is 1.65. The van der Waals surface area contributed by atoms with Crippen molar-refractivity contribution in [1.29, 1.82) is 0 Å². The number of carbonyl (C=O) groups is 2. The zero-order valence-corrected chi connectivity index (χ0v) is 13.6. The van der Waals surface area contributed by atoms with Crippen molar-refractivity contribution < 1.29 is 14.3 Å². The molecule has 1 aromatic carbocycles. The SMILES string of the molecule is O=C1CC[C@H](N2CCOc3c(N4CCNCC4)cccc32)C(=O)N1. The predicted octanol–water partition coefficient (Wildman–Crippen LogP) is 0.100. The van der Waals surface area contributed by atoms with E-state index in [2.05, 4.69) is 26.5 Å². The summed E-state index contributed by atoms with van der Waals surface area (Å²) < 4.78 is 5.98. The number of imide groups is 1. The summed E-state index contributed by atoms with van der Waals surface area (Å²) in [6, 6.07) is 5.80. The maximum Gasteiger partial charge on any atom is 0.249 e. The van der Waals surface area contributed by atoms with Crippen molar-refractivity contribution in [2.75, 3.05) is 49.1 Å². The van der Waals surface area contributed by atoms with Crippen LogP contribution in [-0.4, -0.2) is 57.2 Å². The van der Waals surface area contributed by atoms with Gasteiger partial charge in [-0.1, -0.05) is 6.07 Å². The van der Waals surface area contributed by atoms with E-state index in [1.807, 2.05) is 12.1 Å². The first-order valence-corrected chi connectivity index (χ1v) is 8.56. The summed E-state index contributed by atoms with van der Waals surface area (Å²) in [5.74, 6) is 0.473. The summed E-state index contributed by atoms with van der Waals surface area (Å²) in [5.41, 5.74) is 2.04. The van der Waals surface area contributed by atoms with E-state index in [0.29, 0.717) is 26.0 Å². The van der Waals surface area contributed by atoms with Gasteiger partial charge >= 0.3 is 0 Å². The third-order valence-corrected chi connectivity index (χ3v) is 4.91. The number of ether oxygens (including phenoxy) is 1. The molecule has 7 nitrogen and oxygen atoms in total. The van der Waals surface area contributed by atoms with Crippen LogP contribution in [0.15, 0.2) is 18.2 Å². The largest absolute Gasteiger partial charge is 0.487 e. The lowest BCUT2D eigenvalue weighted by atomic mass is 10.0. The second kappa shape index (κ2) is 6.32. The molecule has 24 heavy (non-hydrogen) atoms. The second-order valence-electron chi connectivity index (χ2n) is 6.37. The lowest BCUT2D eigenvalue weighted by Gasteiger charge is -2.40. The molecule has 1 aromatic rings. The van der Waals surface area contributed by atoms with Crippen LogP contribution in [0.4, 0.5) is 11.4 Å². The zero-order chi connectivity index (χ0) is 16.5. The quantitative estimate of drug-likeness (QED) is 0.750. The second-order valence-corrected chi connectivity index (χ2v) is 6.37. The number of anilines is 2. The lowest BCUT2D eigenvalue weighted by Crippen LogP contribution is -2.54. The molecule has 7 heteroatoms. The molecule has 3 aliphatic heterocycles. The van der Waals surface area contributed by atoms with Crippen molar-refractivity contribution in [2.24, 2.45) is 0 Å². The number of nitrogens with zero attached hydrogens (tertiary/aromatic N) is 2. The maximum absolute atomic E-state index is 12.3. The van der Waals surface area contributed by atoms with E-state index in [1.165, 1.54) is 0 Å². The highest BCUT2D eigenvalue weighted by molar-refractivity contribution is 6.02. The van der Waals surface area contributed by atoms with Crippen LogP contribution < -0.4 is 25.2 Å². The molecule has 0 bridgehead atoms. The van der Waals surface area contributed by atoms with Gasteiger partial charge in [-0.3, -0.25) is 14.9 Å². The summed E-state index contributed by atoms with van der Waals surface area (Å²) >= 11 is 0. The van der Waals surface area contributed by atoms with Crippen molar-refractivity contribution in [3.63, 3.8) is 0 Å². The summed E-state index contributed by atoms with van der Waals surface area (Å²) in [5, 5.41) is 5.81. The highest BCUT2D eigenvalue weighted by Gasteiger charge is 2.35. The molecule has 0 saturated carbocycles. The van der Waals surface area contributed by atoms with Gasteiger partial charge in [-0.25, -0.2) is 0 Å². The van der Waals surface area contributed by atoms with Crippen molar-refractivity contribution in [3.8, 4) is 5.75 Å². The average molecular weight is 330 g/mol. The fourth-order valence-corrected chi connectivity index (χ4v) is 3.71. The van der Waals surface area contributed by atoms with Gasteiger partial charge in [-0.2, -0.15) is 0 Å². The topological polar surface area (TPSA) is 73.9 Å². The molecule has 3 heterocycles. The Labute approximate surface area is 140 Å². The Morgan fingerprint density at radius 3 is 2.67 bits per heavy atom. The Kier molecular flexibility index (Phi) is 4.02. The predicted molar refractivity (Wildman–Crippen MR) is 90.5 cm³/mol. The molecule has 0 spiro atoms. The van der Waals surface area contributed by atoms with Gasteiger partial charge in [0.05, 0.1) is 17.9 Å². The monoisotopic (exact) mass is 330 g/mol. The molecule has 1 atom stereocenters. The van der Waals surface area contributed by atoms with Gasteiger partial charge in [0.1, 0.15) is 12.6 Å². The van der Waals surface area contributed by atoms with Gasteiger partial charge in [-0.15, -0.1) is 0 Å². The van der Waals surface area contributed by atoms with Crippen LogP contribution in [0, 0.1) is 0 Å². The molecule has 2 saturated heterocycles. The van der Waals surface area contributed by atoms with Gasteiger partial charge in [0, 0.05) is 32.6 Å². The van der Waals surface area contributed by atoms with E-state index in [4.69, 9.17) is 4.74 Å². The number of amides is 2. The van der Waals surface area contributed by atoms with Gasteiger partial charge < -0.3 is 19.9 Å². The first-order chi connectivity index (χ1) is 11.7. The number of fused-ring (bicyclic) bond motifs is 1. The first-order valence-electron chi connectivity index (χ1n) is 8.56. The van der Waals surface area contributed by atoms with E-state index in [-0.39, 0.29) is 17.9 Å². The van der Waals surface area contributed by atoms with E-state index in [9.17, 15) is 9.59 Å². The van der Waals surface area contributed by atoms with Crippen molar-refractivity contribution in [2.45, 2.75) is 18.9 Å². The third kappa shape index (κ3) is 2.69. The number of nitrogens with one attached hydrogen (secondary N) is 2. The van der Waals surface area contributed by atoms with Crippen LogP contribution in [0.25, 0.3) is 0 Å². The van der Waals surface area contributed by atoms with Gasteiger partial charge in [0.2, 0.25) is 11.8 Å². The number of piperazine rings is 1. The Bertz CT molecular complexity index is 657. The Morgan fingerprint density at radius 2 is 1.88 bits per heavy atom.